The van der Waals surface area contributed by atoms with Crippen molar-refractivity contribution in [2.75, 3.05) is 0 Å². The number of aromatic carboxylic acids is 1. The highest BCUT2D eigenvalue weighted by Crippen LogP contribution is 2.37. The lowest BCUT2D eigenvalue weighted by atomic mass is 10.1. The number of carboxylic acid groups (broad SMARTS) is 1. The smallest absolute Gasteiger partial charge is 0.344 e. The third kappa shape index (κ3) is 2.36. The zero-order valence-corrected chi connectivity index (χ0v) is 11.6. The fourth-order valence-corrected chi connectivity index (χ4v) is 3.07. The van der Waals surface area contributed by atoms with Gasteiger partial charge in [0.1, 0.15) is 0 Å². The lowest BCUT2D eigenvalue weighted by Gasteiger charge is -2.06. The first-order chi connectivity index (χ1) is 9.56. The van der Waals surface area contributed by atoms with Crippen molar-refractivity contribution in [2.24, 2.45) is 0 Å². The Morgan fingerprint density at radius 3 is 2.85 bits per heavy atom. The molecule has 1 saturated carbocycles. The van der Waals surface area contributed by atoms with Crippen LogP contribution < -0.4 is 5.69 Å². The second-order valence-electron chi connectivity index (χ2n) is 4.80. The van der Waals surface area contributed by atoms with Gasteiger partial charge >= 0.3 is 11.7 Å². The molecule has 0 atom stereocenters. The Bertz CT molecular complexity index is 731. The highest BCUT2D eigenvalue weighted by Gasteiger charge is 2.28. The summed E-state index contributed by atoms with van der Waals surface area (Å²) in [5, 5.41) is 16.1. The number of carbonyl (C=O) groups is 1. The number of benzene rings is 1. The van der Waals surface area contributed by atoms with Gasteiger partial charge in [0.2, 0.25) is 0 Å². The van der Waals surface area contributed by atoms with Gasteiger partial charge < -0.3 is 5.11 Å². The Morgan fingerprint density at radius 1 is 1.50 bits per heavy atom. The number of hydrogen-bond acceptors (Lipinski definition) is 4. The number of aryl methyl sites for hydroxylation is 1. The second-order valence-corrected chi connectivity index (χ2v) is 5.84. The molecule has 0 amide bonds. The van der Waals surface area contributed by atoms with Gasteiger partial charge in [-0.1, -0.05) is 0 Å². The summed E-state index contributed by atoms with van der Waals surface area (Å²) in [6, 6.07) is 5.36. The Labute approximate surface area is 118 Å². The maximum Gasteiger partial charge on any atom is 0.344 e. The molecule has 104 valence electrons. The fourth-order valence-electron chi connectivity index (χ4n) is 2.06. The minimum absolute atomic E-state index is 0.186. The molecule has 3 rings (SSSR count). The van der Waals surface area contributed by atoms with Crippen LogP contribution in [0.4, 0.5) is 0 Å². The second kappa shape index (κ2) is 4.82. The summed E-state index contributed by atoms with van der Waals surface area (Å²) in [6.07, 6.45) is 2.01. The van der Waals surface area contributed by atoms with Gasteiger partial charge in [-0.25, -0.2) is 14.7 Å². The summed E-state index contributed by atoms with van der Waals surface area (Å²) in [4.78, 5) is 23.5. The normalized spacial score (nSPS) is 14.4. The predicted octanol–water partition coefficient (Wildman–Crippen LogP) is 2.06. The highest BCUT2D eigenvalue weighted by atomic mass is 32.2. The quantitative estimate of drug-likeness (QED) is 0.900. The van der Waals surface area contributed by atoms with Gasteiger partial charge in [-0.15, -0.1) is 5.10 Å². The highest BCUT2D eigenvalue weighted by molar-refractivity contribution is 7.99. The van der Waals surface area contributed by atoms with E-state index in [0.717, 1.165) is 17.7 Å². The van der Waals surface area contributed by atoms with Crippen LogP contribution in [-0.4, -0.2) is 25.8 Å². The summed E-state index contributed by atoms with van der Waals surface area (Å²) in [6.45, 7) is 1.76. The fraction of sp³-hybridized carbons (Fsp3) is 0.308. The molecule has 1 aromatic heterocycles. The maximum absolute atomic E-state index is 11.7. The number of nitrogens with zero attached hydrogens (tertiary/aromatic N) is 2. The van der Waals surface area contributed by atoms with Crippen molar-refractivity contribution in [2.45, 2.75) is 35.9 Å². The van der Waals surface area contributed by atoms with Crippen LogP contribution in [0.5, 0.6) is 0 Å². The van der Waals surface area contributed by atoms with Crippen molar-refractivity contribution >= 4 is 17.7 Å². The van der Waals surface area contributed by atoms with Gasteiger partial charge in [0.05, 0.1) is 5.56 Å². The van der Waals surface area contributed by atoms with Gasteiger partial charge in [-0.3, -0.25) is 4.57 Å². The van der Waals surface area contributed by atoms with Crippen LogP contribution in [0.1, 0.15) is 34.8 Å². The Kier molecular flexibility index (Phi) is 3.13. The molecule has 1 heterocycles. The number of aromatic nitrogens is 3. The molecule has 1 fully saturated rings. The van der Waals surface area contributed by atoms with Crippen LogP contribution in [0, 0.1) is 6.92 Å². The topological polar surface area (TPSA) is 88.0 Å². The first-order valence-corrected chi connectivity index (χ1v) is 7.06. The van der Waals surface area contributed by atoms with Crippen LogP contribution in [-0.2, 0) is 0 Å². The number of rotatable bonds is 4. The SMILES string of the molecule is Cc1cc(Sc2n[nH]c(=O)n2C2CC2)ccc1C(=O)O. The van der Waals surface area contributed by atoms with E-state index in [4.69, 9.17) is 5.11 Å². The molecule has 0 saturated heterocycles. The zero-order chi connectivity index (χ0) is 14.3. The van der Waals surface area contributed by atoms with E-state index in [2.05, 4.69) is 10.2 Å². The van der Waals surface area contributed by atoms with E-state index < -0.39 is 5.97 Å². The molecule has 0 unspecified atom stereocenters. The molecule has 0 radical (unpaired) electrons. The monoisotopic (exact) mass is 291 g/mol. The third-order valence-electron chi connectivity index (χ3n) is 3.22. The third-order valence-corrected chi connectivity index (χ3v) is 4.18. The molecule has 20 heavy (non-hydrogen) atoms. The number of carboxylic acids is 1. The van der Waals surface area contributed by atoms with Crippen LogP contribution in [0.2, 0.25) is 0 Å². The minimum atomic E-state index is -0.936. The average molecular weight is 291 g/mol. The Hall–Kier alpha value is -2.02. The van der Waals surface area contributed by atoms with Gasteiger partial charge in [-0.05, 0) is 55.3 Å². The van der Waals surface area contributed by atoms with E-state index in [-0.39, 0.29) is 17.3 Å². The molecule has 6 nitrogen and oxygen atoms in total. The molecule has 1 aliphatic rings. The zero-order valence-electron chi connectivity index (χ0n) is 10.8. The first kappa shape index (κ1) is 13.0. The number of aromatic amines is 1. The minimum Gasteiger partial charge on any atom is -0.478 e. The first-order valence-electron chi connectivity index (χ1n) is 6.25. The van der Waals surface area contributed by atoms with Crippen LogP contribution >= 0.6 is 11.8 Å². The van der Waals surface area contributed by atoms with Crippen molar-refractivity contribution in [3.63, 3.8) is 0 Å². The molecule has 7 heteroatoms. The van der Waals surface area contributed by atoms with Crippen molar-refractivity contribution in [1.82, 2.24) is 14.8 Å². The molecule has 0 spiro atoms. The standard InChI is InChI=1S/C13H13N3O3S/c1-7-6-9(4-5-10(7)11(17)18)20-13-15-14-12(19)16(13)8-2-3-8/h4-6,8H,2-3H2,1H3,(H,14,19)(H,17,18). The van der Waals surface area contributed by atoms with Crippen LogP contribution in [0.3, 0.4) is 0 Å². The maximum atomic E-state index is 11.7. The van der Waals surface area contributed by atoms with E-state index in [9.17, 15) is 9.59 Å². The summed E-state index contributed by atoms with van der Waals surface area (Å²) in [5.41, 5.74) is 0.795. The van der Waals surface area contributed by atoms with E-state index in [1.165, 1.54) is 11.8 Å². The van der Waals surface area contributed by atoms with Crippen molar-refractivity contribution < 1.29 is 9.90 Å². The molecule has 0 aliphatic heterocycles. The van der Waals surface area contributed by atoms with Gasteiger partial charge in [0.25, 0.3) is 0 Å². The molecular formula is C13H13N3O3S. The van der Waals surface area contributed by atoms with Crippen LogP contribution in [0.15, 0.2) is 33.0 Å². The van der Waals surface area contributed by atoms with Gasteiger partial charge in [0, 0.05) is 10.9 Å². The summed E-state index contributed by atoms with van der Waals surface area (Å²) in [7, 11) is 0. The number of nitrogens with one attached hydrogen (secondary N) is 1. The molecule has 1 aliphatic carbocycles. The van der Waals surface area contributed by atoms with E-state index in [1.807, 2.05) is 0 Å². The van der Waals surface area contributed by atoms with Crippen LogP contribution in [0.25, 0.3) is 0 Å². The number of H-pyrrole nitrogens is 1. The Balaban J connectivity index is 1.90. The predicted molar refractivity (Wildman–Crippen MR) is 73.4 cm³/mol. The van der Waals surface area contributed by atoms with Gasteiger partial charge in [0.15, 0.2) is 5.16 Å². The van der Waals surface area contributed by atoms with E-state index in [0.29, 0.717) is 10.7 Å². The molecule has 2 aromatic rings. The van der Waals surface area contributed by atoms with Gasteiger partial charge in [-0.2, -0.15) is 0 Å². The molecule has 2 N–H and O–H groups in total. The Morgan fingerprint density at radius 2 is 2.25 bits per heavy atom. The summed E-state index contributed by atoms with van der Waals surface area (Å²) in [5.74, 6) is -0.936. The largest absolute Gasteiger partial charge is 0.478 e. The van der Waals surface area contributed by atoms with E-state index in [1.54, 1.807) is 29.7 Å². The molecule has 0 bridgehead atoms. The lowest BCUT2D eigenvalue weighted by molar-refractivity contribution is 0.0696. The summed E-state index contributed by atoms with van der Waals surface area (Å²) < 4.78 is 1.67. The lowest BCUT2D eigenvalue weighted by Crippen LogP contribution is -2.16. The van der Waals surface area contributed by atoms with E-state index >= 15 is 0 Å². The van der Waals surface area contributed by atoms with Crippen molar-refractivity contribution in [3.05, 3.63) is 39.8 Å². The molecule has 1 aromatic carbocycles. The molecular weight excluding hydrogens is 278 g/mol. The average Bonchev–Trinajstić information content (AvgIpc) is 3.15. The summed E-state index contributed by atoms with van der Waals surface area (Å²) >= 11 is 1.37. The van der Waals surface area contributed by atoms with Crippen molar-refractivity contribution in [3.8, 4) is 0 Å². The number of hydrogen-bond donors (Lipinski definition) is 2. The van der Waals surface area contributed by atoms with Crippen molar-refractivity contribution in [1.29, 1.82) is 0 Å².